The molecular weight excluding hydrogens is 338 g/mol. The first kappa shape index (κ1) is 19.4. The first-order valence-electron chi connectivity index (χ1n) is 8.42. The van der Waals surface area contributed by atoms with Crippen molar-refractivity contribution in [2.75, 3.05) is 13.2 Å². The largest absolute Gasteiger partial charge is 0.491 e. The quantitative estimate of drug-likeness (QED) is 0.662. The number of nitrogens with one attached hydrogen (secondary N) is 1. The Morgan fingerprint density at radius 2 is 1.80 bits per heavy atom. The number of hydrogen-bond donors (Lipinski definition) is 2. The molecule has 2 N–H and O–H groups in total. The second kappa shape index (κ2) is 9.56. The van der Waals surface area contributed by atoms with Crippen molar-refractivity contribution in [2.45, 2.75) is 32.4 Å². The third kappa shape index (κ3) is 6.16. The lowest BCUT2D eigenvalue weighted by Crippen LogP contribution is -2.33. The van der Waals surface area contributed by atoms with Crippen LogP contribution in [0, 0.1) is 0 Å². The van der Waals surface area contributed by atoms with E-state index in [1.807, 2.05) is 38.1 Å². The van der Waals surface area contributed by atoms with Crippen molar-refractivity contribution < 1.29 is 14.6 Å². The molecule has 2 unspecified atom stereocenters. The number of carbonyl (C=O) groups excluding carboxylic acids is 1. The van der Waals surface area contributed by atoms with Crippen LogP contribution in [0.1, 0.15) is 42.2 Å². The summed E-state index contributed by atoms with van der Waals surface area (Å²) in [5.41, 5.74) is 1.78. The maximum Gasteiger partial charge on any atom is 0.162 e. The van der Waals surface area contributed by atoms with Crippen molar-refractivity contribution in [1.29, 1.82) is 0 Å². The van der Waals surface area contributed by atoms with Crippen LogP contribution in [-0.2, 0) is 0 Å². The molecule has 2 atom stereocenters. The normalized spacial score (nSPS) is 13.3. The Morgan fingerprint density at radius 3 is 2.40 bits per heavy atom. The van der Waals surface area contributed by atoms with Gasteiger partial charge in [0.25, 0.3) is 0 Å². The second-order valence-corrected chi connectivity index (χ2v) is 6.38. The molecule has 134 valence electrons. The van der Waals surface area contributed by atoms with E-state index < -0.39 is 6.10 Å². The molecule has 0 amide bonds. The standard InChI is InChI=1S/C20H24ClNO3/c1-3-20(24)16-6-10-19(11-7-16)25-13-18(23)12-22-14(2)15-4-8-17(21)9-5-15/h4-11,14,18,22-23H,3,12-13H2,1-2H3. The average Bonchev–Trinajstić information content (AvgIpc) is 2.64. The Hall–Kier alpha value is -1.88. The molecule has 25 heavy (non-hydrogen) atoms. The van der Waals surface area contributed by atoms with Gasteiger partial charge in [0, 0.05) is 29.6 Å². The van der Waals surface area contributed by atoms with Crippen molar-refractivity contribution in [1.82, 2.24) is 5.32 Å². The van der Waals surface area contributed by atoms with Gasteiger partial charge in [-0.15, -0.1) is 0 Å². The topological polar surface area (TPSA) is 58.6 Å². The predicted octanol–water partition coefficient (Wildman–Crippen LogP) is 4.02. The van der Waals surface area contributed by atoms with Gasteiger partial charge in [0.2, 0.25) is 0 Å². The molecule has 2 aromatic rings. The summed E-state index contributed by atoms with van der Waals surface area (Å²) in [6.07, 6.45) is -0.150. The van der Waals surface area contributed by atoms with E-state index in [-0.39, 0.29) is 18.4 Å². The molecule has 0 aliphatic carbocycles. The fraction of sp³-hybridized carbons (Fsp3) is 0.350. The minimum Gasteiger partial charge on any atom is -0.491 e. The Balaban J connectivity index is 1.75. The van der Waals surface area contributed by atoms with E-state index in [4.69, 9.17) is 16.3 Å². The fourth-order valence-corrected chi connectivity index (χ4v) is 2.50. The molecule has 2 rings (SSSR count). The molecule has 0 aliphatic rings. The van der Waals surface area contributed by atoms with Gasteiger partial charge in [0.05, 0.1) is 0 Å². The molecule has 0 saturated carbocycles. The SMILES string of the molecule is CCC(=O)c1ccc(OCC(O)CNC(C)c2ccc(Cl)cc2)cc1. The lowest BCUT2D eigenvalue weighted by molar-refractivity contribution is 0.0986. The number of ether oxygens (including phenoxy) is 1. The van der Waals surface area contributed by atoms with Gasteiger partial charge in [-0.3, -0.25) is 4.79 Å². The smallest absolute Gasteiger partial charge is 0.162 e. The van der Waals surface area contributed by atoms with Crippen LogP contribution in [0.2, 0.25) is 5.02 Å². The fourth-order valence-electron chi connectivity index (χ4n) is 2.37. The molecule has 5 heteroatoms. The number of Topliss-reactive ketones (excluding diaryl/α,β-unsaturated/α-hetero) is 1. The lowest BCUT2D eigenvalue weighted by atomic mass is 10.1. The third-order valence-electron chi connectivity index (χ3n) is 3.97. The number of halogens is 1. The summed E-state index contributed by atoms with van der Waals surface area (Å²) in [4.78, 5) is 11.6. The van der Waals surface area contributed by atoms with Crippen LogP contribution in [0.25, 0.3) is 0 Å². The summed E-state index contributed by atoms with van der Waals surface area (Å²) >= 11 is 5.88. The molecule has 0 fully saturated rings. The average molecular weight is 362 g/mol. The molecule has 0 heterocycles. The minimum atomic E-state index is -0.633. The molecule has 4 nitrogen and oxygen atoms in total. The van der Waals surface area contributed by atoms with E-state index in [9.17, 15) is 9.90 Å². The molecule has 0 bridgehead atoms. The van der Waals surface area contributed by atoms with Crippen molar-refractivity contribution in [3.8, 4) is 5.75 Å². The van der Waals surface area contributed by atoms with Crippen LogP contribution in [-0.4, -0.2) is 30.1 Å². The highest BCUT2D eigenvalue weighted by molar-refractivity contribution is 6.30. The number of aliphatic hydroxyl groups excluding tert-OH is 1. The van der Waals surface area contributed by atoms with Crippen molar-refractivity contribution in [2.24, 2.45) is 0 Å². The van der Waals surface area contributed by atoms with E-state index >= 15 is 0 Å². The summed E-state index contributed by atoms with van der Waals surface area (Å²) < 4.78 is 5.57. The van der Waals surface area contributed by atoms with E-state index in [1.54, 1.807) is 24.3 Å². The summed E-state index contributed by atoms with van der Waals surface area (Å²) in [5, 5.41) is 14.0. The van der Waals surface area contributed by atoms with Gasteiger partial charge in [-0.25, -0.2) is 0 Å². The number of aliphatic hydroxyl groups is 1. The third-order valence-corrected chi connectivity index (χ3v) is 4.22. The highest BCUT2D eigenvalue weighted by Gasteiger charge is 2.10. The van der Waals surface area contributed by atoms with Crippen molar-refractivity contribution >= 4 is 17.4 Å². The molecule has 0 saturated heterocycles. The van der Waals surface area contributed by atoms with Crippen LogP contribution in [0.5, 0.6) is 5.75 Å². The Labute approximate surface area is 153 Å². The Morgan fingerprint density at radius 1 is 1.16 bits per heavy atom. The highest BCUT2D eigenvalue weighted by Crippen LogP contribution is 2.16. The first-order chi connectivity index (χ1) is 12.0. The first-order valence-corrected chi connectivity index (χ1v) is 8.80. The minimum absolute atomic E-state index is 0.103. The van der Waals surface area contributed by atoms with Gasteiger partial charge in [-0.2, -0.15) is 0 Å². The summed E-state index contributed by atoms with van der Waals surface area (Å²) in [7, 11) is 0. The van der Waals surface area contributed by atoms with E-state index in [2.05, 4.69) is 5.32 Å². The zero-order chi connectivity index (χ0) is 18.2. The summed E-state index contributed by atoms with van der Waals surface area (Å²) in [6, 6.07) is 14.7. The van der Waals surface area contributed by atoms with E-state index in [0.29, 0.717) is 29.3 Å². The monoisotopic (exact) mass is 361 g/mol. The van der Waals surface area contributed by atoms with Gasteiger partial charge >= 0.3 is 0 Å². The molecule has 0 radical (unpaired) electrons. The maximum absolute atomic E-state index is 11.6. The lowest BCUT2D eigenvalue weighted by Gasteiger charge is -2.18. The number of benzene rings is 2. The predicted molar refractivity (Wildman–Crippen MR) is 100 cm³/mol. The van der Waals surface area contributed by atoms with Gasteiger partial charge in [0.1, 0.15) is 18.5 Å². The number of ketones is 1. The number of carbonyl (C=O) groups is 1. The number of rotatable bonds is 9. The molecule has 0 spiro atoms. The van der Waals surface area contributed by atoms with Crippen LogP contribution in [0.15, 0.2) is 48.5 Å². The van der Waals surface area contributed by atoms with Crippen LogP contribution in [0.3, 0.4) is 0 Å². The van der Waals surface area contributed by atoms with E-state index in [1.165, 1.54) is 0 Å². The molecule has 2 aromatic carbocycles. The van der Waals surface area contributed by atoms with Crippen molar-refractivity contribution in [3.63, 3.8) is 0 Å². The van der Waals surface area contributed by atoms with Gasteiger partial charge in [0.15, 0.2) is 5.78 Å². The Bertz CT molecular complexity index is 670. The molecule has 0 aliphatic heterocycles. The summed E-state index contributed by atoms with van der Waals surface area (Å²) in [5.74, 6) is 0.740. The highest BCUT2D eigenvalue weighted by atomic mass is 35.5. The number of hydrogen-bond acceptors (Lipinski definition) is 4. The Kier molecular flexibility index (Phi) is 7.44. The maximum atomic E-state index is 11.6. The van der Waals surface area contributed by atoms with Crippen LogP contribution in [0.4, 0.5) is 0 Å². The van der Waals surface area contributed by atoms with Crippen LogP contribution >= 0.6 is 11.6 Å². The van der Waals surface area contributed by atoms with Crippen molar-refractivity contribution in [3.05, 3.63) is 64.7 Å². The van der Waals surface area contributed by atoms with Gasteiger partial charge in [-0.05, 0) is 48.9 Å². The molecule has 0 aromatic heterocycles. The second-order valence-electron chi connectivity index (χ2n) is 5.95. The van der Waals surface area contributed by atoms with Gasteiger partial charge < -0.3 is 15.2 Å². The van der Waals surface area contributed by atoms with Gasteiger partial charge in [-0.1, -0.05) is 30.7 Å². The van der Waals surface area contributed by atoms with Crippen LogP contribution < -0.4 is 10.1 Å². The zero-order valence-corrected chi connectivity index (χ0v) is 15.3. The zero-order valence-electron chi connectivity index (χ0n) is 14.5. The molecular formula is C20H24ClNO3. The van der Waals surface area contributed by atoms with E-state index in [0.717, 1.165) is 5.56 Å². The summed E-state index contributed by atoms with van der Waals surface area (Å²) in [6.45, 7) is 4.46.